The minimum atomic E-state index is -3.74. The molecule has 162 valence electrons. The molecule has 0 bridgehead atoms. The van der Waals surface area contributed by atoms with Gasteiger partial charge < -0.3 is 9.64 Å². The van der Waals surface area contributed by atoms with Crippen LogP contribution >= 0.6 is 0 Å². The highest BCUT2D eigenvalue weighted by atomic mass is 32.2. The normalized spacial score (nSPS) is 11.1. The number of rotatable bonds is 7. The number of carbonyl (C=O) groups excluding carboxylic acids is 1. The molecule has 7 heteroatoms. The van der Waals surface area contributed by atoms with Gasteiger partial charge >= 0.3 is 0 Å². The fourth-order valence-corrected chi connectivity index (χ4v) is 4.41. The third kappa shape index (κ3) is 4.88. The Balaban J connectivity index is 1.83. The van der Waals surface area contributed by atoms with Crippen molar-refractivity contribution in [2.45, 2.75) is 18.4 Å². The van der Waals surface area contributed by atoms with Crippen LogP contribution in [0.4, 0.5) is 5.69 Å². The molecule has 0 N–H and O–H groups in total. The Kier molecular flexibility index (Phi) is 6.65. The lowest BCUT2D eigenvalue weighted by molar-refractivity contribution is 0.0784. The highest BCUT2D eigenvalue weighted by Gasteiger charge is 2.22. The topological polar surface area (TPSA) is 66.9 Å². The largest absolute Gasteiger partial charge is 0.496 e. The Bertz CT molecular complexity index is 1170. The number of benzene rings is 3. The smallest absolute Gasteiger partial charge is 0.264 e. The summed E-state index contributed by atoms with van der Waals surface area (Å²) in [7, 11) is 1.04. The van der Waals surface area contributed by atoms with Crippen LogP contribution in [0.5, 0.6) is 5.75 Å². The molecule has 0 aliphatic rings. The van der Waals surface area contributed by atoms with E-state index in [4.69, 9.17) is 4.74 Å². The molecular weight excluding hydrogens is 412 g/mol. The zero-order valence-electron chi connectivity index (χ0n) is 18.1. The number of hydrogen-bond donors (Lipinski definition) is 0. The molecule has 3 aromatic carbocycles. The molecule has 0 aliphatic carbocycles. The van der Waals surface area contributed by atoms with Crippen molar-refractivity contribution in [2.24, 2.45) is 0 Å². The molecule has 0 aliphatic heterocycles. The molecule has 6 nitrogen and oxygen atoms in total. The van der Waals surface area contributed by atoms with E-state index in [0.29, 0.717) is 23.5 Å². The first kappa shape index (κ1) is 22.4. The summed E-state index contributed by atoms with van der Waals surface area (Å²) in [6.07, 6.45) is 0. The van der Waals surface area contributed by atoms with Gasteiger partial charge in [0.2, 0.25) is 0 Å². The van der Waals surface area contributed by atoms with Gasteiger partial charge in [-0.05, 0) is 43.3 Å². The Morgan fingerprint density at radius 1 is 0.935 bits per heavy atom. The van der Waals surface area contributed by atoms with E-state index in [1.54, 1.807) is 67.6 Å². The van der Waals surface area contributed by atoms with Crippen molar-refractivity contribution < 1.29 is 17.9 Å². The van der Waals surface area contributed by atoms with Crippen molar-refractivity contribution in [1.29, 1.82) is 0 Å². The number of anilines is 1. The number of carbonyl (C=O) groups is 1. The molecule has 0 aromatic heterocycles. The van der Waals surface area contributed by atoms with Crippen molar-refractivity contribution in [3.63, 3.8) is 0 Å². The quantitative estimate of drug-likeness (QED) is 0.557. The maximum atomic E-state index is 13.0. The summed E-state index contributed by atoms with van der Waals surface area (Å²) < 4.78 is 32.5. The van der Waals surface area contributed by atoms with Gasteiger partial charge in [-0.25, -0.2) is 8.42 Å². The molecule has 31 heavy (non-hydrogen) atoms. The zero-order valence-corrected chi connectivity index (χ0v) is 18.9. The molecule has 0 unspecified atom stereocenters. The molecule has 1 amide bonds. The SMILES string of the molecule is COc1ccccc1CN(C)C(=O)c1cccc(N(C)S(=O)(=O)c2ccc(C)cc2)c1. The average molecular weight is 439 g/mol. The van der Waals surface area contributed by atoms with Crippen LogP contribution in [-0.2, 0) is 16.6 Å². The van der Waals surface area contributed by atoms with E-state index in [-0.39, 0.29) is 10.8 Å². The molecule has 3 rings (SSSR count). The molecule has 0 spiro atoms. The molecular formula is C24H26N2O4S. The fourth-order valence-electron chi connectivity index (χ4n) is 3.22. The van der Waals surface area contributed by atoms with Crippen LogP contribution in [0, 0.1) is 6.92 Å². The number of para-hydroxylation sites is 1. The van der Waals surface area contributed by atoms with Gasteiger partial charge in [0.25, 0.3) is 15.9 Å². The van der Waals surface area contributed by atoms with Gasteiger partial charge in [-0.15, -0.1) is 0 Å². The average Bonchev–Trinajstić information content (AvgIpc) is 2.78. The van der Waals surface area contributed by atoms with Gasteiger partial charge in [0, 0.05) is 31.8 Å². The number of hydrogen-bond acceptors (Lipinski definition) is 4. The molecule has 3 aromatic rings. The lowest BCUT2D eigenvalue weighted by atomic mass is 10.1. The van der Waals surface area contributed by atoms with Gasteiger partial charge in [-0.1, -0.05) is 42.0 Å². The van der Waals surface area contributed by atoms with E-state index in [1.807, 2.05) is 31.2 Å². The predicted octanol–water partition coefficient (Wildman–Crippen LogP) is 4.10. The molecule has 0 saturated carbocycles. The van der Waals surface area contributed by atoms with Gasteiger partial charge in [-0.2, -0.15) is 0 Å². The monoisotopic (exact) mass is 438 g/mol. The van der Waals surface area contributed by atoms with Gasteiger partial charge in [0.15, 0.2) is 0 Å². The summed E-state index contributed by atoms with van der Waals surface area (Å²) in [4.78, 5) is 14.8. The second-order valence-corrected chi connectivity index (χ2v) is 9.28. The van der Waals surface area contributed by atoms with Crippen molar-refractivity contribution >= 4 is 21.6 Å². The molecule has 0 heterocycles. The van der Waals surface area contributed by atoms with Crippen LogP contribution in [0.1, 0.15) is 21.5 Å². The summed E-state index contributed by atoms with van der Waals surface area (Å²) in [6, 6.07) is 20.8. The van der Waals surface area contributed by atoms with E-state index >= 15 is 0 Å². The van der Waals surface area contributed by atoms with Crippen molar-refractivity contribution in [1.82, 2.24) is 4.90 Å². The third-order valence-corrected chi connectivity index (χ3v) is 6.88. The lowest BCUT2D eigenvalue weighted by Crippen LogP contribution is -2.28. The van der Waals surface area contributed by atoms with Gasteiger partial charge in [0.1, 0.15) is 5.75 Å². The first-order valence-corrected chi connectivity index (χ1v) is 11.2. The van der Waals surface area contributed by atoms with Crippen molar-refractivity contribution in [3.8, 4) is 5.75 Å². The van der Waals surface area contributed by atoms with Crippen LogP contribution < -0.4 is 9.04 Å². The second-order valence-electron chi connectivity index (χ2n) is 7.31. The Morgan fingerprint density at radius 3 is 2.29 bits per heavy atom. The fraction of sp³-hybridized carbons (Fsp3) is 0.208. The summed E-state index contributed by atoms with van der Waals surface area (Å²) in [5, 5.41) is 0. The summed E-state index contributed by atoms with van der Waals surface area (Å²) in [5.74, 6) is 0.494. The van der Waals surface area contributed by atoms with Crippen LogP contribution in [0.25, 0.3) is 0 Å². The van der Waals surface area contributed by atoms with Gasteiger partial charge in [-0.3, -0.25) is 9.10 Å². The minimum absolute atomic E-state index is 0.200. The third-order valence-electron chi connectivity index (χ3n) is 5.08. The maximum absolute atomic E-state index is 13.0. The van der Waals surface area contributed by atoms with Gasteiger partial charge in [0.05, 0.1) is 17.7 Å². The zero-order chi connectivity index (χ0) is 22.6. The second kappa shape index (κ2) is 9.22. The molecule has 0 atom stereocenters. The first-order chi connectivity index (χ1) is 14.7. The number of amides is 1. The predicted molar refractivity (Wildman–Crippen MR) is 122 cm³/mol. The molecule has 0 radical (unpaired) electrons. The Hall–Kier alpha value is -3.32. The van der Waals surface area contributed by atoms with Crippen LogP contribution in [0.2, 0.25) is 0 Å². The van der Waals surface area contributed by atoms with Crippen LogP contribution in [0.15, 0.2) is 77.7 Å². The van der Waals surface area contributed by atoms with E-state index in [2.05, 4.69) is 0 Å². The summed E-state index contributed by atoms with van der Waals surface area (Å²) in [5.41, 5.74) is 2.68. The van der Waals surface area contributed by atoms with Crippen molar-refractivity contribution in [2.75, 3.05) is 25.5 Å². The number of methoxy groups -OCH3 is 1. The van der Waals surface area contributed by atoms with E-state index in [1.165, 1.54) is 11.4 Å². The summed E-state index contributed by atoms with van der Waals surface area (Å²) >= 11 is 0. The standard InChI is InChI=1S/C24H26N2O4S/c1-18-12-14-22(15-13-18)31(28,29)26(3)21-10-7-9-19(16-21)24(27)25(2)17-20-8-5-6-11-23(20)30-4/h5-16H,17H2,1-4H3. The number of ether oxygens (including phenoxy) is 1. The first-order valence-electron chi connectivity index (χ1n) is 9.77. The Labute approximate surface area is 183 Å². The number of nitrogens with zero attached hydrogens (tertiary/aromatic N) is 2. The highest BCUT2D eigenvalue weighted by molar-refractivity contribution is 7.92. The Morgan fingerprint density at radius 2 is 1.61 bits per heavy atom. The lowest BCUT2D eigenvalue weighted by Gasteiger charge is -2.22. The summed E-state index contributed by atoms with van der Waals surface area (Å²) in [6.45, 7) is 2.27. The van der Waals surface area contributed by atoms with E-state index in [0.717, 1.165) is 11.1 Å². The van der Waals surface area contributed by atoms with Crippen LogP contribution in [0.3, 0.4) is 0 Å². The molecule has 0 fully saturated rings. The maximum Gasteiger partial charge on any atom is 0.264 e. The van der Waals surface area contributed by atoms with Crippen molar-refractivity contribution in [3.05, 3.63) is 89.5 Å². The minimum Gasteiger partial charge on any atom is -0.496 e. The van der Waals surface area contributed by atoms with E-state index < -0.39 is 10.0 Å². The highest BCUT2D eigenvalue weighted by Crippen LogP contribution is 2.24. The number of sulfonamides is 1. The number of aryl methyl sites for hydroxylation is 1. The van der Waals surface area contributed by atoms with E-state index in [9.17, 15) is 13.2 Å². The molecule has 0 saturated heterocycles. The van der Waals surface area contributed by atoms with Crippen LogP contribution in [-0.4, -0.2) is 40.4 Å².